The molecule has 2 heterocycles. The Hall–Kier alpha value is -1.91. The van der Waals surface area contributed by atoms with Gasteiger partial charge in [0.2, 0.25) is 0 Å². The second-order valence-corrected chi connectivity index (χ2v) is 5.49. The second kappa shape index (κ2) is 6.50. The zero-order valence-electron chi connectivity index (χ0n) is 11.9. The van der Waals surface area contributed by atoms with Crippen LogP contribution in [0.3, 0.4) is 0 Å². The smallest absolute Gasteiger partial charge is 0.306 e. The minimum Gasteiger partial charge on any atom is -0.452 e. The fourth-order valence-electron chi connectivity index (χ4n) is 2.29. The molecule has 20 heavy (non-hydrogen) atoms. The number of ether oxygens (including phenoxy) is 1. The van der Waals surface area contributed by atoms with Crippen molar-refractivity contribution in [3.63, 3.8) is 0 Å². The molecule has 0 saturated carbocycles. The lowest BCUT2D eigenvalue weighted by molar-refractivity contribution is -0.153. The first-order valence-electron chi connectivity index (χ1n) is 6.93. The fourth-order valence-corrected chi connectivity index (χ4v) is 2.29. The van der Waals surface area contributed by atoms with E-state index in [9.17, 15) is 9.59 Å². The molecule has 1 aromatic rings. The lowest BCUT2D eigenvalue weighted by Gasteiger charge is -2.26. The van der Waals surface area contributed by atoms with Crippen molar-refractivity contribution in [2.45, 2.75) is 39.3 Å². The molecule has 1 fully saturated rings. The summed E-state index contributed by atoms with van der Waals surface area (Å²) in [5.74, 6) is -0.0321. The lowest BCUT2D eigenvalue weighted by Crippen LogP contribution is -2.40. The Kier molecular flexibility index (Phi) is 4.71. The summed E-state index contributed by atoms with van der Waals surface area (Å²) >= 11 is 0. The number of aromatic nitrogens is 1. The maximum absolute atomic E-state index is 12.5. The molecular formula is C15H20N2O3. The van der Waals surface area contributed by atoms with Crippen LogP contribution in [0, 0.1) is 5.92 Å². The molecule has 0 bridgehead atoms. The van der Waals surface area contributed by atoms with Crippen LogP contribution in [-0.4, -0.2) is 34.4 Å². The van der Waals surface area contributed by atoms with Crippen LogP contribution < -0.4 is 0 Å². The molecule has 1 aliphatic rings. The number of carbonyl (C=O) groups is 2. The number of cyclic esters (lactones) is 1. The van der Waals surface area contributed by atoms with Crippen molar-refractivity contribution in [2.75, 3.05) is 6.54 Å². The van der Waals surface area contributed by atoms with E-state index in [1.165, 1.54) is 0 Å². The van der Waals surface area contributed by atoms with Crippen molar-refractivity contribution < 1.29 is 14.3 Å². The van der Waals surface area contributed by atoms with Crippen LogP contribution >= 0.6 is 0 Å². The van der Waals surface area contributed by atoms with Crippen molar-refractivity contribution in [2.24, 2.45) is 5.92 Å². The molecule has 108 valence electrons. The fraction of sp³-hybridized carbons (Fsp3) is 0.533. The molecule has 1 saturated heterocycles. The van der Waals surface area contributed by atoms with E-state index in [0.29, 0.717) is 31.8 Å². The van der Waals surface area contributed by atoms with Gasteiger partial charge in [-0.2, -0.15) is 0 Å². The summed E-state index contributed by atoms with van der Waals surface area (Å²) in [5, 5.41) is 0. The maximum Gasteiger partial charge on any atom is 0.306 e. The third kappa shape index (κ3) is 3.79. The second-order valence-electron chi connectivity index (χ2n) is 5.49. The number of esters is 1. The number of amides is 1. The molecule has 0 aliphatic carbocycles. The molecule has 0 aromatic carbocycles. The van der Waals surface area contributed by atoms with Gasteiger partial charge in [-0.15, -0.1) is 0 Å². The monoisotopic (exact) mass is 276 g/mol. The Morgan fingerprint density at radius 2 is 2.35 bits per heavy atom. The highest BCUT2D eigenvalue weighted by Gasteiger charge is 2.33. The first-order valence-corrected chi connectivity index (χ1v) is 6.93. The highest BCUT2D eigenvalue weighted by Crippen LogP contribution is 2.18. The first-order chi connectivity index (χ1) is 9.56. The Balaban J connectivity index is 2.06. The van der Waals surface area contributed by atoms with Crippen molar-refractivity contribution in [1.82, 2.24) is 9.88 Å². The molecule has 5 nitrogen and oxygen atoms in total. The number of hydrogen-bond acceptors (Lipinski definition) is 4. The highest BCUT2D eigenvalue weighted by atomic mass is 16.6. The van der Waals surface area contributed by atoms with E-state index in [-0.39, 0.29) is 11.9 Å². The van der Waals surface area contributed by atoms with Crippen LogP contribution in [0.25, 0.3) is 0 Å². The summed E-state index contributed by atoms with van der Waals surface area (Å²) < 4.78 is 5.08. The van der Waals surface area contributed by atoms with Gasteiger partial charge < -0.3 is 9.64 Å². The molecule has 0 N–H and O–H groups in total. The Morgan fingerprint density at radius 3 is 2.90 bits per heavy atom. The largest absolute Gasteiger partial charge is 0.452 e. The number of nitrogens with zero attached hydrogens (tertiary/aromatic N) is 2. The average Bonchev–Trinajstić information content (AvgIpc) is 2.84. The minimum atomic E-state index is -0.613. The lowest BCUT2D eigenvalue weighted by atomic mass is 10.1. The van der Waals surface area contributed by atoms with Crippen molar-refractivity contribution in [1.29, 1.82) is 0 Å². The van der Waals surface area contributed by atoms with Crippen molar-refractivity contribution in [3.8, 4) is 0 Å². The summed E-state index contributed by atoms with van der Waals surface area (Å²) in [7, 11) is 0. The van der Waals surface area contributed by atoms with E-state index >= 15 is 0 Å². The summed E-state index contributed by atoms with van der Waals surface area (Å²) in [4.78, 5) is 29.4. The van der Waals surface area contributed by atoms with Gasteiger partial charge in [0.1, 0.15) is 0 Å². The third-order valence-corrected chi connectivity index (χ3v) is 3.15. The van der Waals surface area contributed by atoms with Crippen LogP contribution in [-0.2, 0) is 20.9 Å². The maximum atomic E-state index is 12.5. The van der Waals surface area contributed by atoms with Gasteiger partial charge in [0.15, 0.2) is 6.10 Å². The summed E-state index contributed by atoms with van der Waals surface area (Å²) in [6.07, 6.45) is 3.66. The van der Waals surface area contributed by atoms with E-state index in [2.05, 4.69) is 18.8 Å². The van der Waals surface area contributed by atoms with Crippen molar-refractivity contribution >= 4 is 11.9 Å². The Bertz CT molecular complexity index is 473. The van der Waals surface area contributed by atoms with Crippen LogP contribution in [0.4, 0.5) is 0 Å². The van der Waals surface area contributed by atoms with Crippen LogP contribution in [0.15, 0.2) is 24.5 Å². The summed E-state index contributed by atoms with van der Waals surface area (Å²) in [6, 6.07) is 3.79. The molecule has 1 aliphatic heterocycles. The topological polar surface area (TPSA) is 59.5 Å². The first kappa shape index (κ1) is 14.5. The number of carbonyl (C=O) groups excluding carboxylic acids is 2. The SMILES string of the molecule is CC(C)CN(Cc1cccnc1)C(=O)[C@@H]1CCC(=O)O1. The Morgan fingerprint density at radius 1 is 1.55 bits per heavy atom. The van der Waals surface area contributed by atoms with E-state index < -0.39 is 6.10 Å². The number of hydrogen-bond donors (Lipinski definition) is 0. The van der Waals surface area contributed by atoms with Gasteiger partial charge in [0.05, 0.1) is 0 Å². The molecule has 1 amide bonds. The predicted molar refractivity (Wildman–Crippen MR) is 73.6 cm³/mol. The average molecular weight is 276 g/mol. The molecule has 0 radical (unpaired) electrons. The third-order valence-electron chi connectivity index (χ3n) is 3.15. The molecule has 1 atom stereocenters. The van der Waals surface area contributed by atoms with Crippen LogP contribution in [0.1, 0.15) is 32.3 Å². The normalized spacial score (nSPS) is 18.1. The quantitative estimate of drug-likeness (QED) is 0.769. The van der Waals surface area contributed by atoms with Gasteiger partial charge >= 0.3 is 5.97 Å². The van der Waals surface area contributed by atoms with E-state index in [1.807, 2.05) is 12.1 Å². The molecular weight excluding hydrogens is 256 g/mol. The van der Waals surface area contributed by atoms with Crippen LogP contribution in [0.5, 0.6) is 0 Å². The van der Waals surface area contributed by atoms with Gasteiger partial charge in [0.25, 0.3) is 5.91 Å². The molecule has 2 rings (SSSR count). The van der Waals surface area contributed by atoms with Gasteiger partial charge in [-0.3, -0.25) is 14.6 Å². The van der Waals surface area contributed by atoms with Gasteiger partial charge in [-0.1, -0.05) is 19.9 Å². The number of rotatable bonds is 5. The summed E-state index contributed by atoms with van der Waals surface area (Å²) in [6.45, 7) is 5.26. The minimum absolute atomic E-state index is 0.103. The zero-order chi connectivity index (χ0) is 14.5. The molecule has 0 spiro atoms. The zero-order valence-corrected chi connectivity index (χ0v) is 11.9. The van der Waals surface area contributed by atoms with Crippen molar-refractivity contribution in [3.05, 3.63) is 30.1 Å². The van der Waals surface area contributed by atoms with E-state index in [0.717, 1.165) is 5.56 Å². The standard InChI is InChI=1S/C15H20N2O3/c1-11(2)9-17(10-12-4-3-7-16-8-12)15(19)13-5-6-14(18)20-13/h3-4,7-8,11,13H,5-6,9-10H2,1-2H3/t13-/m0/s1. The van der Waals surface area contributed by atoms with Gasteiger partial charge in [-0.05, 0) is 17.5 Å². The Labute approximate surface area is 118 Å². The van der Waals surface area contributed by atoms with Gasteiger partial charge in [-0.25, -0.2) is 0 Å². The molecule has 5 heteroatoms. The highest BCUT2D eigenvalue weighted by molar-refractivity contribution is 5.86. The predicted octanol–water partition coefficient (Wildman–Crippen LogP) is 1.77. The van der Waals surface area contributed by atoms with Gasteiger partial charge in [0, 0.05) is 38.3 Å². The van der Waals surface area contributed by atoms with E-state index in [1.54, 1.807) is 17.3 Å². The van der Waals surface area contributed by atoms with E-state index in [4.69, 9.17) is 4.74 Å². The molecule has 0 unspecified atom stereocenters. The summed E-state index contributed by atoms with van der Waals surface area (Å²) in [5.41, 5.74) is 0.978. The molecule has 1 aromatic heterocycles. The van der Waals surface area contributed by atoms with Crippen LogP contribution in [0.2, 0.25) is 0 Å². The number of pyridine rings is 1.